The van der Waals surface area contributed by atoms with E-state index >= 15 is 0 Å². The third-order valence-corrected chi connectivity index (χ3v) is 9.12. The van der Waals surface area contributed by atoms with Crippen LogP contribution in [0.25, 0.3) is 0 Å². The molecule has 3 aliphatic rings. The molecule has 1 aromatic heterocycles. The number of hydrogen-bond donors (Lipinski definition) is 2. The lowest BCUT2D eigenvalue weighted by molar-refractivity contribution is -0.119. The van der Waals surface area contributed by atoms with Gasteiger partial charge in [-0.15, -0.1) is 0 Å². The van der Waals surface area contributed by atoms with Crippen LogP contribution >= 0.6 is 0 Å². The second-order valence-electron chi connectivity index (χ2n) is 11.8. The van der Waals surface area contributed by atoms with Gasteiger partial charge in [-0.2, -0.15) is 0 Å². The Balaban J connectivity index is 0.995. The topological polar surface area (TPSA) is 93.7 Å². The molecule has 214 valence electrons. The van der Waals surface area contributed by atoms with Crippen molar-refractivity contribution in [3.05, 3.63) is 72.6 Å². The van der Waals surface area contributed by atoms with Gasteiger partial charge in [0.05, 0.1) is 5.92 Å². The number of aromatic nitrogens is 2. The highest BCUT2D eigenvalue weighted by Crippen LogP contribution is 2.42. The average molecular weight is 554 g/mol. The number of anilines is 4. The molecule has 4 heterocycles. The largest absolute Gasteiger partial charge is 0.371 e. The number of carbonyl (C=O) groups excluding carboxylic acids is 2. The van der Waals surface area contributed by atoms with E-state index in [0.717, 1.165) is 24.5 Å². The summed E-state index contributed by atoms with van der Waals surface area (Å²) in [6, 6.07) is 19.4. The summed E-state index contributed by atoms with van der Waals surface area (Å²) in [7, 11) is 2.23. The number of benzene rings is 2. The molecule has 3 aliphatic heterocycles. The Morgan fingerprint density at radius 3 is 2.29 bits per heavy atom. The zero-order chi connectivity index (χ0) is 28.2. The molecule has 6 rings (SSSR count). The lowest BCUT2D eigenvalue weighted by Gasteiger charge is -2.46. The summed E-state index contributed by atoms with van der Waals surface area (Å²) in [6.07, 6.45) is 7.36. The number of piperidine rings is 2. The molecule has 1 unspecified atom stereocenters. The third-order valence-electron chi connectivity index (χ3n) is 9.12. The first-order chi connectivity index (χ1) is 20.0. The molecule has 0 radical (unpaired) electrons. The maximum atomic E-state index is 13.1. The van der Waals surface area contributed by atoms with Crippen molar-refractivity contribution in [3.63, 3.8) is 0 Å². The number of amides is 2. The van der Waals surface area contributed by atoms with Crippen molar-refractivity contribution >= 4 is 34.8 Å². The number of nitrogens with one attached hydrogen (secondary N) is 2. The standard InChI is InChI=1S/C32H39N7O2/c1-37-19-13-32(14-20-37)15-21-38(22-16-32)27-9-7-26(8-10-27)34-29(40)24-12-18-39(23-24)30(41)28-11-17-33-31(36-28)35-25-5-3-2-4-6-25/h2-11,17,24H,12-16,18-23H2,1H3,(H,34,40)(H,33,35,36). The van der Waals surface area contributed by atoms with Crippen molar-refractivity contribution in [2.75, 3.05) is 61.8 Å². The smallest absolute Gasteiger partial charge is 0.272 e. The third kappa shape index (κ3) is 6.35. The fourth-order valence-electron chi connectivity index (χ4n) is 6.34. The highest BCUT2D eigenvalue weighted by molar-refractivity contribution is 5.96. The summed E-state index contributed by atoms with van der Waals surface area (Å²) in [5.41, 5.74) is 3.70. The molecule has 41 heavy (non-hydrogen) atoms. The molecule has 3 fully saturated rings. The lowest BCUT2D eigenvalue weighted by atomic mass is 9.71. The minimum Gasteiger partial charge on any atom is -0.371 e. The van der Waals surface area contributed by atoms with Gasteiger partial charge in [-0.3, -0.25) is 9.59 Å². The molecule has 9 nitrogen and oxygen atoms in total. The highest BCUT2D eigenvalue weighted by atomic mass is 16.2. The Labute approximate surface area is 242 Å². The number of hydrogen-bond acceptors (Lipinski definition) is 7. The second-order valence-corrected chi connectivity index (χ2v) is 11.8. The van der Waals surface area contributed by atoms with Crippen molar-refractivity contribution in [3.8, 4) is 0 Å². The molecule has 2 N–H and O–H groups in total. The van der Waals surface area contributed by atoms with E-state index < -0.39 is 0 Å². The zero-order valence-electron chi connectivity index (χ0n) is 23.8. The van der Waals surface area contributed by atoms with E-state index in [0.29, 0.717) is 36.6 Å². The first-order valence-electron chi connectivity index (χ1n) is 14.8. The molecule has 0 saturated carbocycles. The quantitative estimate of drug-likeness (QED) is 0.460. The van der Waals surface area contributed by atoms with Gasteiger partial charge < -0.3 is 25.3 Å². The van der Waals surface area contributed by atoms with Crippen LogP contribution in [0.4, 0.5) is 23.0 Å². The number of nitrogens with zero attached hydrogens (tertiary/aromatic N) is 5. The first kappa shape index (κ1) is 27.2. The summed E-state index contributed by atoms with van der Waals surface area (Å²) in [6.45, 7) is 5.52. The van der Waals surface area contributed by atoms with Gasteiger partial charge in [0.25, 0.3) is 5.91 Å². The van der Waals surface area contributed by atoms with E-state index in [2.05, 4.69) is 49.6 Å². The van der Waals surface area contributed by atoms with Crippen LogP contribution in [0.3, 0.4) is 0 Å². The summed E-state index contributed by atoms with van der Waals surface area (Å²) in [5, 5.41) is 6.19. The Kier molecular flexibility index (Phi) is 7.87. The average Bonchev–Trinajstić information content (AvgIpc) is 3.51. The van der Waals surface area contributed by atoms with Gasteiger partial charge in [0.1, 0.15) is 5.69 Å². The maximum Gasteiger partial charge on any atom is 0.272 e. The van der Waals surface area contributed by atoms with Crippen molar-refractivity contribution in [2.24, 2.45) is 11.3 Å². The van der Waals surface area contributed by atoms with Gasteiger partial charge in [-0.05, 0) is 100 Å². The Bertz CT molecular complexity index is 1350. The summed E-state index contributed by atoms with van der Waals surface area (Å²) >= 11 is 0. The van der Waals surface area contributed by atoms with E-state index in [4.69, 9.17) is 0 Å². The van der Waals surface area contributed by atoms with Gasteiger partial charge in [0.15, 0.2) is 0 Å². The normalized spacial score (nSPS) is 20.7. The monoisotopic (exact) mass is 553 g/mol. The van der Waals surface area contributed by atoms with Gasteiger partial charge in [-0.1, -0.05) is 18.2 Å². The van der Waals surface area contributed by atoms with E-state index in [1.165, 1.54) is 44.5 Å². The molecule has 3 saturated heterocycles. The van der Waals surface area contributed by atoms with Gasteiger partial charge in [-0.25, -0.2) is 9.97 Å². The molecule has 2 amide bonds. The van der Waals surface area contributed by atoms with Crippen molar-refractivity contribution < 1.29 is 9.59 Å². The highest BCUT2D eigenvalue weighted by Gasteiger charge is 2.37. The van der Waals surface area contributed by atoms with Crippen LogP contribution in [0.1, 0.15) is 42.6 Å². The molecule has 2 aromatic carbocycles. The molecule has 0 aliphatic carbocycles. The number of rotatable bonds is 6. The molecule has 1 atom stereocenters. The predicted molar refractivity (Wildman–Crippen MR) is 161 cm³/mol. The van der Waals surface area contributed by atoms with E-state index in [9.17, 15) is 9.59 Å². The summed E-state index contributed by atoms with van der Waals surface area (Å²) in [5.74, 6) is -0.129. The van der Waals surface area contributed by atoms with E-state index in [1.807, 2.05) is 42.5 Å². The van der Waals surface area contributed by atoms with Crippen LogP contribution in [0, 0.1) is 11.3 Å². The summed E-state index contributed by atoms with van der Waals surface area (Å²) < 4.78 is 0. The Hall–Kier alpha value is -3.98. The molecule has 1 spiro atoms. The van der Waals surface area contributed by atoms with Crippen LogP contribution in [0.5, 0.6) is 0 Å². The number of para-hydroxylation sites is 1. The SMILES string of the molecule is CN1CCC2(CC1)CCN(c1ccc(NC(=O)C3CCN(C(=O)c4ccnc(Nc5ccccc5)n4)C3)cc1)CC2. The predicted octanol–water partition coefficient (Wildman–Crippen LogP) is 4.63. The molecular weight excluding hydrogens is 514 g/mol. The van der Waals surface area contributed by atoms with Crippen molar-refractivity contribution in [2.45, 2.75) is 32.1 Å². The van der Waals surface area contributed by atoms with E-state index in [-0.39, 0.29) is 17.7 Å². The fourth-order valence-corrected chi connectivity index (χ4v) is 6.34. The van der Waals surface area contributed by atoms with E-state index in [1.54, 1.807) is 17.2 Å². The van der Waals surface area contributed by atoms with Crippen molar-refractivity contribution in [1.82, 2.24) is 19.8 Å². The first-order valence-corrected chi connectivity index (χ1v) is 14.8. The lowest BCUT2D eigenvalue weighted by Crippen LogP contribution is -2.46. The van der Waals surface area contributed by atoms with Crippen LogP contribution in [0.15, 0.2) is 66.9 Å². The number of likely N-dealkylation sites (tertiary alicyclic amines) is 2. The minimum absolute atomic E-state index is 0.0515. The summed E-state index contributed by atoms with van der Waals surface area (Å²) in [4.78, 5) is 41.5. The van der Waals surface area contributed by atoms with Crippen LogP contribution in [-0.2, 0) is 4.79 Å². The molecule has 3 aromatic rings. The van der Waals surface area contributed by atoms with Gasteiger partial charge in [0.2, 0.25) is 11.9 Å². The Morgan fingerprint density at radius 1 is 0.854 bits per heavy atom. The second kappa shape index (κ2) is 11.9. The molecular formula is C32H39N7O2. The van der Waals surface area contributed by atoms with Crippen LogP contribution < -0.4 is 15.5 Å². The minimum atomic E-state index is -0.254. The molecule has 0 bridgehead atoms. The fraction of sp³-hybridized carbons (Fsp3) is 0.438. The van der Waals surface area contributed by atoms with Crippen LogP contribution in [-0.4, -0.2) is 77.9 Å². The van der Waals surface area contributed by atoms with Gasteiger partial charge in [0, 0.05) is 49.4 Å². The molecule has 9 heteroatoms. The zero-order valence-corrected chi connectivity index (χ0v) is 23.8. The maximum absolute atomic E-state index is 13.1. The van der Waals surface area contributed by atoms with Crippen molar-refractivity contribution in [1.29, 1.82) is 0 Å². The Morgan fingerprint density at radius 2 is 1.56 bits per heavy atom. The van der Waals surface area contributed by atoms with Gasteiger partial charge >= 0.3 is 0 Å². The van der Waals surface area contributed by atoms with Crippen LogP contribution in [0.2, 0.25) is 0 Å². The number of carbonyl (C=O) groups is 2.